The van der Waals surface area contributed by atoms with Gasteiger partial charge in [0.2, 0.25) is 10.5 Å². The van der Waals surface area contributed by atoms with E-state index in [2.05, 4.69) is 14.9 Å². The fourth-order valence-electron chi connectivity index (χ4n) is 0.0437. The van der Waals surface area contributed by atoms with Gasteiger partial charge in [-0.25, -0.2) is 4.79 Å². The maximum Gasteiger partial charge on any atom is 0.334 e. The lowest BCUT2D eigenvalue weighted by Gasteiger charge is -2.15. The van der Waals surface area contributed by atoms with Crippen LogP contribution >= 0.6 is 0 Å². The molecule has 0 bridgehead atoms. The van der Waals surface area contributed by atoms with Gasteiger partial charge in [-0.1, -0.05) is 0 Å². The van der Waals surface area contributed by atoms with Crippen LogP contribution < -0.4 is 0 Å². The van der Waals surface area contributed by atoms with Crippen LogP contribution in [0.3, 0.4) is 0 Å². The van der Waals surface area contributed by atoms with Crippen LogP contribution in [0.25, 0.3) is 0 Å². The second-order valence-electron chi connectivity index (χ2n) is 1.92. The third-order valence-corrected chi connectivity index (χ3v) is 1.28. The first kappa shape index (κ1) is 7.65. The normalized spacial score (nSPS) is 11.4. The van der Waals surface area contributed by atoms with Crippen LogP contribution in [0, 0.1) is 0 Å². The molecule has 4 heteroatoms. The van der Waals surface area contributed by atoms with E-state index >= 15 is 0 Å². The van der Waals surface area contributed by atoms with Crippen molar-refractivity contribution in [1.29, 1.82) is 0 Å². The Labute approximate surface area is 51.2 Å². The Morgan fingerprint density at radius 2 is 2.12 bits per heavy atom. The van der Waals surface area contributed by atoms with Gasteiger partial charge in [0, 0.05) is 0 Å². The first-order valence-corrected chi connectivity index (χ1v) is 2.49. The molecule has 1 N–H and O–H groups in total. The minimum atomic E-state index is -1.13. The van der Waals surface area contributed by atoms with E-state index in [9.17, 15) is 4.79 Å². The summed E-state index contributed by atoms with van der Waals surface area (Å²) in [5.41, 5.74) is -1.13. The molecule has 0 unspecified atom stereocenters. The third-order valence-electron chi connectivity index (χ3n) is 0.770. The highest BCUT2D eigenvalue weighted by Gasteiger charge is 2.25. The van der Waals surface area contributed by atoms with Gasteiger partial charge in [0.05, 0.1) is 0 Å². The van der Waals surface area contributed by atoms with E-state index in [1.54, 1.807) is 0 Å². The van der Waals surface area contributed by atoms with Crippen LogP contribution in [0.4, 0.5) is 0 Å². The van der Waals surface area contributed by atoms with Crippen molar-refractivity contribution >= 4 is 16.5 Å². The Morgan fingerprint density at radius 1 is 1.75 bits per heavy atom. The lowest BCUT2D eigenvalue weighted by atomic mass is 10.1. The molecule has 3 radical (unpaired) electrons. The van der Waals surface area contributed by atoms with Crippen molar-refractivity contribution in [3.05, 3.63) is 0 Å². The zero-order valence-electron chi connectivity index (χ0n) is 4.76. The number of hydrogen-bond donors (Lipinski definition) is 1. The maximum atomic E-state index is 10.1. The van der Waals surface area contributed by atoms with Gasteiger partial charge in [-0.3, -0.25) is 0 Å². The summed E-state index contributed by atoms with van der Waals surface area (Å²) >= 11 is 0. The standard InChI is InChI=1S/C4H7O3Si/c1-4(2,7-8)3(5)6/h1-2H3,(H,5,6). The largest absolute Gasteiger partial charge is 0.479 e. The second kappa shape index (κ2) is 2.28. The van der Waals surface area contributed by atoms with E-state index in [4.69, 9.17) is 5.11 Å². The Kier molecular flexibility index (Phi) is 2.18. The molecular weight excluding hydrogens is 124 g/mol. The highest BCUT2D eigenvalue weighted by Crippen LogP contribution is 2.04. The van der Waals surface area contributed by atoms with Crippen molar-refractivity contribution in [2.24, 2.45) is 0 Å². The molecule has 0 aromatic carbocycles. The van der Waals surface area contributed by atoms with Gasteiger partial charge in [-0.05, 0) is 13.8 Å². The summed E-state index contributed by atoms with van der Waals surface area (Å²) in [4.78, 5) is 10.1. The van der Waals surface area contributed by atoms with E-state index in [0.29, 0.717) is 0 Å². The lowest BCUT2D eigenvalue weighted by molar-refractivity contribution is -0.151. The fourth-order valence-corrected chi connectivity index (χ4v) is 0.131. The first-order valence-electron chi connectivity index (χ1n) is 2.09. The van der Waals surface area contributed by atoms with E-state index in [0.717, 1.165) is 0 Å². The zero-order valence-corrected chi connectivity index (χ0v) is 5.76. The number of hydrogen-bond acceptors (Lipinski definition) is 2. The highest BCUT2D eigenvalue weighted by atomic mass is 28.2. The number of rotatable bonds is 2. The lowest BCUT2D eigenvalue weighted by Crippen LogP contribution is -2.33. The Balaban J connectivity index is 3.91. The molecule has 0 aliphatic carbocycles. The molecule has 8 heavy (non-hydrogen) atoms. The summed E-state index contributed by atoms with van der Waals surface area (Å²) in [6, 6.07) is 0. The van der Waals surface area contributed by atoms with Crippen LogP contribution in [0.5, 0.6) is 0 Å². The molecule has 45 valence electrons. The molecule has 0 amide bonds. The quantitative estimate of drug-likeness (QED) is 0.534. The molecule has 0 saturated carbocycles. The molecule has 0 saturated heterocycles. The topological polar surface area (TPSA) is 46.5 Å². The Hall–Kier alpha value is -0.353. The van der Waals surface area contributed by atoms with Crippen molar-refractivity contribution in [3.8, 4) is 0 Å². The van der Waals surface area contributed by atoms with Crippen molar-refractivity contribution in [3.63, 3.8) is 0 Å². The summed E-state index contributed by atoms with van der Waals surface area (Å²) in [6.07, 6.45) is 0. The van der Waals surface area contributed by atoms with Gasteiger partial charge in [-0.15, -0.1) is 0 Å². The van der Waals surface area contributed by atoms with Gasteiger partial charge in [-0.2, -0.15) is 0 Å². The molecule has 0 aromatic heterocycles. The van der Waals surface area contributed by atoms with Crippen molar-refractivity contribution in [2.45, 2.75) is 19.4 Å². The predicted molar refractivity (Wildman–Crippen MR) is 28.6 cm³/mol. The molecule has 0 atom stereocenters. The van der Waals surface area contributed by atoms with Gasteiger partial charge in [0.25, 0.3) is 0 Å². The van der Waals surface area contributed by atoms with E-state index < -0.39 is 11.6 Å². The third kappa shape index (κ3) is 1.63. The van der Waals surface area contributed by atoms with E-state index in [1.807, 2.05) is 0 Å². The minimum Gasteiger partial charge on any atom is -0.479 e. The molecular formula is C4H7O3Si. The molecule has 0 heterocycles. The fraction of sp³-hybridized carbons (Fsp3) is 0.750. The highest BCUT2D eigenvalue weighted by molar-refractivity contribution is 6.00. The Morgan fingerprint density at radius 3 is 2.12 bits per heavy atom. The van der Waals surface area contributed by atoms with Crippen molar-refractivity contribution < 1.29 is 14.3 Å². The molecule has 0 fully saturated rings. The van der Waals surface area contributed by atoms with Gasteiger partial charge in [0.15, 0.2) is 0 Å². The summed E-state index contributed by atoms with van der Waals surface area (Å²) < 4.78 is 4.41. The minimum absolute atomic E-state index is 0.993. The zero-order chi connectivity index (χ0) is 6.78. The number of carboxylic acid groups (broad SMARTS) is 1. The predicted octanol–water partition coefficient (Wildman–Crippen LogP) is -0.0503. The van der Waals surface area contributed by atoms with E-state index in [-0.39, 0.29) is 0 Å². The van der Waals surface area contributed by atoms with Gasteiger partial charge < -0.3 is 9.53 Å². The van der Waals surface area contributed by atoms with Crippen molar-refractivity contribution in [2.75, 3.05) is 0 Å². The monoisotopic (exact) mass is 131 g/mol. The molecule has 0 aliphatic rings. The molecule has 0 aliphatic heterocycles. The first-order chi connectivity index (χ1) is 3.50. The summed E-state index contributed by atoms with van der Waals surface area (Å²) in [7, 11) is 2.64. The van der Waals surface area contributed by atoms with Gasteiger partial charge in [0.1, 0.15) is 5.60 Å². The second-order valence-corrected chi connectivity index (χ2v) is 2.12. The molecule has 0 rings (SSSR count). The van der Waals surface area contributed by atoms with Crippen molar-refractivity contribution in [1.82, 2.24) is 0 Å². The SMILES string of the molecule is CC(C)(O[Si])C(=O)O. The van der Waals surface area contributed by atoms with Crippen LogP contribution in [0.2, 0.25) is 0 Å². The number of carboxylic acids is 1. The van der Waals surface area contributed by atoms with Crippen LogP contribution in [-0.4, -0.2) is 27.2 Å². The Bertz CT molecular complexity index is 99.5. The number of carbonyl (C=O) groups is 1. The number of aliphatic carboxylic acids is 1. The average Bonchev–Trinajstić information content (AvgIpc) is 1.67. The summed E-state index contributed by atoms with van der Waals surface area (Å²) in [5.74, 6) is -0.993. The smallest absolute Gasteiger partial charge is 0.334 e. The molecule has 3 nitrogen and oxygen atoms in total. The molecule has 0 spiro atoms. The van der Waals surface area contributed by atoms with Gasteiger partial charge >= 0.3 is 5.97 Å². The maximum absolute atomic E-state index is 10.1. The summed E-state index contributed by atoms with van der Waals surface area (Å²) in [5, 5.41) is 8.29. The van der Waals surface area contributed by atoms with E-state index in [1.165, 1.54) is 13.8 Å². The van der Waals surface area contributed by atoms with Crippen LogP contribution in [-0.2, 0) is 9.22 Å². The molecule has 0 aromatic rings. The summed E-state index contributed by atoms with van der Waals surface area (Å²) in [6.45, 7) is 2.89. The average molecular weight is 131 g/mol. The van der Waals surface area contributed by atoms with Crippen LogP contribution in [0.1, 0.15) is 13.8 Å². The van der Waals surface area contributed by atoms with Crippen LogP contribution in [0.15, 0.2) is 0 Å².